The fourth-order valence-corrected chi connectivity index (χ4v) is 3.00. The highest BCUT2D eigenvalue weighted by molar-refractivity contribution is 7.90. The second-order valence-electron chi connectivity index (χ2n) is 5.85. The fraction of sp³-hybridized carbons (Fsp3) is 0.167. The molecule has 0 fully saturated rings. The van der Waals surface area contributed by atoms with Crippen molar-refractivity contribution in [1.82, 2.24) is 4.72 Å². The zero-order chi connectivity index (χ0) is 20.5. The Morgan fingerprint density at radius 3 is 2.46 bits per heavy atom. The highest BCUT2D eigenvalue weighted by Gasteiger charge is 2.47. The predicted molar refractivity (Wildman–Crippen MR) is 94.2 cm³/mol. The first kappa shape index (κ1) is 19.7. The summed E-state index contributed by atoms with van der Waals surface area (Å²) in [6, 6.07) is 13.7. The van der Waals surface area contributed by atoms with Gasteiger partial charge in [-0.05, 0) is 30.7 Å². The normalized spacial score (nSPS) is 12.1. The average molecular weight is 413 g/mol. The van der Waals surface area contributed by atoms with Gasteiger partial charge in [0.05, 0.1) is 5.56 Å². The summed E-state index contributed by atoms with van der Waals surface area (Å²) in [5, 5.41) is 0.137. The minimum Gasteiger partial charge on any atom is -0.489 e. The van der Waals surface area contributed by atoms with Gasteiger partial charge in [-0.3, -0.25) is 4.79 Å². The molecule has 3 rings (SSSR count). The van der Waals surface area contributed by atoms with Crippen molar-refractivity contribution in [3.05, 3.63) is 65.4 Å². The molecule has 28 heavy (non-hydrogen) atoms. The second-order valence-corrected chi connectivity index (χ2v) is 7.52. The third-order valence-electron chi connectivity index (χ3n) is 3.84. The minimum atomic E-state index is -5.84. The summed E-state index contributed by atoms with van der Waals surface area (Å²) < 4.78 is 72.0. The lowest BCUT2D eigenvalue weighted by atomic mass is 10.1. The van der Waals surface area contributed by atoms with E-state index in [9.17, 15) is 26.4 Å². The monoisotopic (exact) mass is 413 g/mol. The van der Waals surface area contributed by atoms with E-state index in [1.165, 1.54) is 19.1 Å². The Kier molecular flexibility index (Phi) is 5.07. The smallest absolute Gasteiger partial charge is 0.489 e. The van der Waals surface area contributed by atoms with Crippen LogP contribution in [0.3, 0.4) is 0 Å². The van der Waals surface area contributed by atoms with Crippen LogP contribution in [0.25, 0.3) is 11.0 Å². The number of alkyl halides is 3. The van der Waals surface area contributed by atoms with E-state index in [1.807, 2.05) is 30.3 Å². The highest BCUT2D eigenvalue weighted by atomic mass is 32.2. The number of ether oxygens (including phenoxy) is 1. The molecule has 0 aliphatic heterocycles. The van der Waals surface area contributed by atoms with Gasteiger partial charge in [0.1, 0.15) is 23.7 Å². The standard InChI is InChI=1S/C18H14F3NO5S/c1-11-16(17(23)22-28(24,25)18(19,20)21)14-9-13(7-8-15(14)27-11)26-10-12-5-3-2-4-6-12/h2-9H,10H2,1H3,(H,22,23). The van der Waals surface area contributed by atoms with Gasteiger partial charge in [0.25, 0.3) is 5.91 Å². The van der Waals surface area contributed by atoms with Crippen LogP contribution in [0.5, 0.6) is 5.75 Å². The molecule has 0 radical (unpaired) electrons. The van der Waals surface area contributed by atoms with Gasteiger partial charge in [0.2, 0.25) is 0 Å². The van der Waals surface area contributed by atoms with Crippen molar-refractivity contribution in [3.8, 4) is 5.75 Å². The molecule has 0 saturated carbocycles. The topological polar surface area (TPSA) is 85.6 Å². The van der Waals surface area contributed by atoms with Crippen molar-refractivity contribution in [2.24, 2.45) is 0 Å². The Balaban J connectivity index is 1.90. The zero-order valence-electron chi connectivity index (χ0n) is 14.4. The van der Waals surface area contributed by atoms with Crippen molar-refractivity contribution >= 4 is 26.9 Å². The van der Waals surface area contributed by atoms with Crippen LogP contribution in [0.4, 0.5) is 13.2 Å². The molecule has 1 amide bonds. The van der Waals surface area contributed by atoms with Gasteiger partial charge in [-0.1, -0.05) is 30.3 Å². The van der Waals surface area contributed by atoms with Gasteiger partial charge >= 0.3 is 15.5 Å². The molecule has 3 aromatic rings. The maximum absolute atomic E-state index is 12.5. The van der Waals surface area contributed by atoms with Crippen molar-refractivity contribution in [2.45, 2.75) is 19.0 Å². The van der Waals surface area contributed by atoms with E-state index < -0.39 is 21.4 Å². The first-order valence-electron chi connectivity index (χ1n) is 7.92. The molecule has 148 valence electrons. The van der Waals surface area contributed by atoms with E-state index in [-0.39, 0.29) is 28.9 Å². The summed E-state index contributed by atoms with van der Waals surface area (Å²) in [6.45, 7) is 1.58. The number of furan rings is 1. The predicted octanol–water partition coefficient (Wildman–Crippen LogP) is 3.90. The molecule has 6 nitrogen and oxygen atoms in total. The molecular weight excluding hydrogens is 399 g/mol. The van der Waals surface area contributed by atoms with Crippen LogP contribution in [0.2, 0.25) is 0 Å². The van der Waals surface area contributed by atoms with Gasteiger partial charge in [-0.25, -0.2) is 4.72 Å². The summed E-state index contributed by atoms with van der Waals surface area (Å²) in [4.78, 5) is 12.2. The van der Waals surface area contributed by atoms with E-state index in [2.05, 4.69) is 0 Å². The Bertz CT molecular complexity index is 1120. The Morgan fingerprint density at radius 1 is 1.14 bits per heavy atom. The molecule has 0 bridgehead atoms. The number of hydrogen-bond acceptors (Lipinski definition) is 5. The lowest BCUT2D eigenvalue weighted by Crippen LogP contribution is -2.40. The summed E-state index contributed by atoms with van der Waals surface area (Å²) >= 11 is 0. The summed E-state index contributed by atoms with van der Waals surface area (Å²) in [5.74, 6) is -1.12. The Hall–Kier alpha value is -3.01. The minimum absolute atomic E-state index is 0.0231. The van der Waals surface area contributed by atoms with Gasteiger partial charge < -0.3 is 9.15 Å². The van der Waals surface area contributed by atoms with Crippen molar-refractivity contribution in [1.29, 1.82) is 0 Å². The van der Waals surface area contributed by atoms with Crippen molar-refractivity contribution in [3.63, 3.8) is 0 Å². The summed E-state index contributed by atoms with van der Waals surface area (Å²) in [7, 11) is -5.84. The molecule has 0 spiro atoms. The van der Waals surface area contributed by atoms with Crippen LogP contribution in [-0.2, 0) is 16.6 Å². The average Bonchev–Trinajstić information content (AvgIpc) is 2.94. The first-order chi connectivity index (χ1) is 13.1. The molecular formula is C18H14F3NO5S. The number of aryl methyl sites for hydroxylation is 1. The van der Waals surface area contributed by atoms with Gasteiger partial charge in [0, 0.05) is 5.39 Å². The van der Waals surface area contributed by atoms with Crippen LogP contribution in [0, 0.1) is 6.92 Å². The number of benzene rings is 2. The molecule has 0 atom stereocenters. The van der Waals surface area contributed by atoms with Gasteiger partial charge in [-0.15, -0.1) is 0 Å². The van der Waals surface area contributed by atoms with Crippen molar-refractivity contribution < 1.29 is 35.5 Å². The van der Waals surface area contributed by atoms with E-state index in [4.69, 9.17) is 9.15 Å². The fourth-order valence-electron chi connectivity index (χ4n) is 2.54. The zero-order valence-corrected chi connectivity index (χ0v) is 15.2. The molecule has 10 heteroatoms. The summed E-state index contributed by atoms with van der Waals surface area (Å²) in [5.41, 5.74) is -4.83. The molecule has 1 heterocycles. The quantitative estimate of drug-likeness (QED) is 0.686. The number of halogens is 3. The molecule has 1 aromatic heterocycles. The number of carbonyl (C=O) groups is 1. The third kappa shape index (κ3) is 3.96. The van der Waals surface area contributed by atoms with E-state index in [1.54, 1.807) is 6.07 Å². The maximum atomic E-state index is 12.5. The first-order valence-corrected chi connectivity index (χ1v) is 9.40. The molecule has 2 aromatic carbocycles. The van der Waals surface area contributed by atoms with Crippen LogP contribution in [-0.4, -0.2) is 19.8 Å². The second kappa shape index (κ2) is 7.19. The van der Waals surface area contributed by atoms with E-state index in [0.29, 0.717) is 5.75 Å². The molecule has 0 unspecified atom stereocenters. The van der Waals surface area contributed by atoms with Crippen molar-refractivity contribution in [2.75, 3.05) is 0 Å². The molecule has 0 aliphatic rings. The lowest BCUT2D eigenvalue weighted by Gasteiger charge is -2.09. The number of amides is 1. The number of sulfonamides is 1. The Labute approximate surface area is 158 Å². The number of hydrogen-bond donors (Lipinski definition) is 1. The van der Waals surface area contributed by atoms with Gasteiger partial charge in [-0.2, -0.15) is 21.6 Å². The number of nitrogens with one attached hydrogen (secondary N) is 1. The maximum Gasteiger partial charge on any atom is 0.516 e. The van der Waals surface area contributed by atoms with Crippen LogP contribution >= 0.6 is 0 Å². The highest BCUT2D eigenvalue weighted by Crippen LogP contribution is 2.30. The number of fused-ring (bicyclic) bond motifs is 1. The molecule has 0 aliphatic carbocycles. The third-order valence-corrected chi connectivity index (χ3v) is 4.91. The van der Waals surface area contributed by atoms with Gasteiger partial charge in [0.15, 0.2) is 0 Å². The van der Waals surface area contributed by atoms with E-state index >= 15 is 0 Å². The lowest BCUT2D eigenvalue weighted by molar-refractivity contribution is -0.0446. The molecule has 1 N–H and O–H groups in total. The SMILES string of the molecule is Cc1oc2ccc(OCc3ccccc3)cc2c1C(=O)NS(=O)(=O)C(F)(F)F. The molecule has 0 saturated heterocycles. The van der Waals surface area contributed by atoms with E-state index in [0.717, 1.165) is 10.3 Å². The Morgan fingerprint density at radius 2 is 1.82 bits per heavy atom. The van der Waals surface area contributed by atoms with Crippen LogP contribution in [0.15, 0.2) is 52.9 Å². The van der Waals surface area contributed by atoms with Crippen LogP contribution < -0.4 is 9.46 Å². The largest absolute Gasteiger partial charge is 0.516 e. The number of carbonyl (C=O) groups excluding carboxylic acids is 1. The van der Waals surface area contributed by atoms with Crippen LogP contribution in [0.1, 0.15) is 21.7 Å². The number of rotatable bonds is 5. The summed E-state index contributed by atoms with van der Waals surface area (Å²) in [6.07, 6.45) is 0.